The Hall–Kier alpha value is -2.66. The predicted octanol–water partition coefficient (Wildman–Crippen LogP) is 3.99. The molecule has 0 fully saturated rings. The van der Waals surface area contributed by atoms with Crippen molar-refractivity contribution in [3.63, 3.8) is 0 Å². The molecule has 4 nitrogen and oxygen atoms in total. The molecule has 1 aliphatic heterocycles. The van der Waals surface area contributed by atoms with Gasteiger partial charge in [0.25, 0.3) is 0 Å². The number of pyridine rings is 1. The molecule has 2 aromatic heterocycles. The van der Waals surface area contributed by atoms with Gasteiger partial charge in [-0.05, 0) is 60.6 Å². The van der Waals surface area contributed by atoms with Crippen LogP contribution in [0.2, 0.25) is 0 Å². The monoisotopic (exact) mass is 348 g/mol. The number of thiocarbonyl (C=S) groups is 1. The summed E-state index contributed by atoms with van der Waals surface area (Å²) in [6.45, 7) is 3.89. The molecule has 1 aromatic carbocycles. The number of nitrogens with zero attached hydrogens (tertiary/aromatic N) is 3. The minimum Gasteiger partial charge on any atom is -0.348 e. The molecule has 0 bridgehead atoms. The highest BCUT2D eigenvalue weighted by Gasteiger charge is 2.30. The summed E-state index contributed by atoms with van der Waals surface area (Å²) in [5.41, 5.74) is 4.70. The smallest absolute Gasteiger partial charge is 0.174 e. The maximum absolute atomic E-state index is 5.79. The average molecular weight is 348 g/mol. The number of rotatable bonds is 2. The van der Waals surface area contributed by atoms with Gasteiger partial charge in [0.15, 0.2) is 5.11 Å². The highest BCUT2D eigenvalue weighted by atomic mass is 32.1. The predicted molar refractivity (Wildman–Crippen MR) is 105 cm³/mol. The summed E-state index contributed by atoms with van der Waals surface area (Å²) in [7, 11) is 0. The van der Waals surface area contributed by atoms with Gasteiger partial charge in [0.05, 0.1) is 6.04 Å². The molecule has 0 amide bonds. The van der Waals surface area contributed by atoms with Gasteiger partial charge in [-0.2, -0.15) is 0 Å². The molecule has 1 atom stereocenters. The quantitative estimate of drug-likeness (QED) is 0.710. The van der Waals surface area contributed by atoms with E-state index in [1.165, 1.54) is 16.8 Å². The largest absolute Gasteiger partial charge is 0.348 e. The van der Waals surface area contributed by atoms with Crippen molar-refractivity contribution >= 4 is 23.0 Å². The fourth-order valence-electron chi connectivity index (χ4n) is 3.40. The van der Waals surface area contributed by atoms with Gasteiger partial charge >= 0.3 is 0 Å². The van der Waals surface area contributed by atoms with Gasteiger partial charge in [-0.15, -0.1) is 0 Å². The van der Waals surface area contributed by atoms with E-state index in [2.05, 4.69) is 69.3 Å². The fraction of sp³-hybridized carbons (Fsp3) is 0.200. The Labute approximate surface area is 153 Å². The number of fused-ring (bicyclic) bond motifs is 1. The second-order valence-corrected chi connectivity index (χ2v) is 6.63. The van der Waals surface area contributed by atoms with E-state index in [1.54, 1.807) is 0 Å². The van der Waals surface area contributed by atoms with Gasteiger partial charge in [-0.1, -0.05) is 18.2 Å². The van der Waals surface area contributed by atoms with Crippen LogP contribution in [0.1, 0.15) is 22.9 Å². The SMILES string of the molecule is Cc1ccccc1NC(=S)N1CCn2cccc2[C@@H]1c1ccncc1. The summed E-state index contributed by atoms with van der Waals surface area (Å²) in [4.78, 5) is 6.43. The molecule has 25 heavy (non-hydrogen) atoms. The van der Waals surface area contributed by atoms with Crippen molar-refractivity contribution < 1.29 is 0 Å². The molecule has 1 aliphatic rings. The summed E-state index contributed by atoms with van der Waals surface area (Å²) < 4.78 is 2.30. The first-order chi connectivity index (χ1) is 12.2. The van der Waals surface area contributed by atoms with Crippen molar-refractivity contribution in [1.29, 1.82) is 0 Å². The molecule has 4 rings (SSSR count). The first-order valence-corrected chi connectivity index (χ1v) is 8.83. The number of nitrogens with one attached hydrogen (secondary N) is 1. The van der Waals surface area contributed by atoms with Crippen LogP contribution in [0, 0.1) is 6.92 Å². The lowest BCUT2D eigenvalue weighted by Crippen LogP contribution is -2.44. The normalized spacial score (nSPS) is 16.4. The van der Waals surface area contributed by atoms with Crippen molar-refractivity contribution in [2.24, 2.45) is 0 Å². The van der Waals surface area contributed by atoms with E-state index >= 15 is 0 Å². The minimum atomic E-state index is 0.0933. The number of aryl methyl sites for hydroxylation is 1. The van der Waals surface area contributed by atoms with Crippen LogP contribution in [0.25, 0.3) is 0 Å². The first-order valence-electron chi connectivity index (χ1n) is 8.42. The van der Waals surface area contributed by atoms with Gasteiger partial charge < -0.3 is 14.8 Å². The zero-order valence-electron chi connectivity index (χ0n) is 14.1. The molecule has 5 heteroatoms. The average Bonchev–Trinajstić information content (AvgIpc) is 3.12. The minimum absolute atomic E-state index is 0.0933. The fourth-order valence-corrected chi connectivity index (χ4v) is 3.71. The Morgan fingerprint density at radius 1 is 1.08 bits per heavy atom. The third-order valence-corrected chi connectivity index (χ3v) is 5.04. The molecule has 0 saturated carbocycles. The molecule has 0 saturated heterocycles. The Bertz CT molecular complexity index is 887. The molecule has 0 aliphatic carbocycles. The topological polar surface area (TPSA) is 33.1 Å². The Balaban J connectivity index is 1.68. The van der Waals surface area contributed by atoms with E-state index in [0.29, 0.717) is 0 Å². The van der Waals surface area contributed by atoms with E-state index in [0.717, 1.165) is 23.9 Å². The van der Waals surface area contributed by atoms with Crippen LogP contribution in [0.15, 0.2) is 67.1 Å². The first kappa shape index (κ1) is 15.8. The second kappa shape index (κ2) is 6.69. The van der Waals surface area contributed by atoms with Crippen LogP contribution in [0.5, 0.6) is 0 Å². The highest BCUT2D eigenvalue weighted by molar-refractivity contribution is 7.80. The van der Waals surface area contributed by atoms with Crippen molar-refractivity contribution in [2.75, 3.05) is 11.9 Å². The number of aromatic nitrogens is 2. The molecule has 126 valence electrons. The van der Waals surface area contributed by atoms with Crippen LogP contribution in [0.4, 0.5) is 5.69 Å². The Morgan fingerprint density at radius 3 is 2.68 bits per heavy atom. The van der Waals surface area contributed by atoms with Gasteiger partial charge in [0.2, 0.25) is 0 Å². The van der Waals surface area contributed by atoms with Crippen LogP contribution in [0.3, 0.4) is 0 Å². The van der Waals surface area contributed by atoms with Gasteiger partial charge in [0.1, 0.15) is 0 Å². The van der Waals surface area contributed by atoms with E-state index in [4.69, 9.17) is 12.2 Å². The highest BCUT2D eigenvalue weighted by Crippen LogP contribution is 2.32. The van der Waals surface area contributed by atoms with Crippen molar-refractivity contribution in [1.82, 2.24) is 14.5 Å². The third-order valence-electron chi connectivity index (χ3n) is 4.71. The van der Waals surface area contributed by atoms with Gasteiger partial charge in [0, 0.05) is 43.1 Å². The van der Waals surface area contributed by atoms with Crippen molar-refractivity contribution in [3.05, 3.63) is 83.9 Å². The second-order valence-electron chi connectivity index (χ2n) is 6.25. The zero-order valence-corrected chi connectivity index (χ0v) is 14.9. The molecule has 0 spiro atoms. The molecular weight excluding hydrogens is 328 g/mol. The van der Waals surface area contributed by atoms with Crippen molar-refractivity contribution in [3.8, 4) is 0 Å². The van der Waals surface area contributed by atoms with Crippen LogP contribution in [-0.2, 0) is 6.54 Å². The summed E-state index contributed by atoms with van der Waals surface area (Å²) in [5, 5.41) is 4.19. The van der Waals surface area contributed by atoms with Gasteiger partial charge in [-0.3, -0.25) is 4.98 Å². The van der Waals surface area contributed by atoms with Crippen molar-refractivity contribution in [2.45, 2.75) is 19.5 Å². The zero-order chi connectivity index (χ0) is 17.2. The number of anilines is 1. The van der Waals surface area contributed by atoms with E-state index in [1.807, 2.05) is 24.5 Å². The maximum atomic E-state index is 5.79. The Morgan fingerprint density at radius 2 is 1.88 bits per heavy atom. The molecule has 3 aromatic rings. The van der Waals surface area contributed by atoms with Gasteiger partial charge in [-0.25, -0.2) is 0 Å². The molecular formula is C20H20N4S. The summed E-state index contributed by atoms with van der Waals surface area (Å²) in [5.74, 6) is 0. The lowest BCUT2D eigenvalue weighted by atomic mass is 10.0. The summed E-state index contributed by atoms with van der Waals surface area (Å²) >= 11 is 5.79. The molecule has 1 N–H and O–H groups in total. The standard InChI is InChI=1S/C20H20N4S/c1-15-5-2-3-6-17(15)22-20(25)24-14-13-23-12-4-7-18(23)19(24)16-8-10-21-11-9-16/h2-12,19H,13-14H2,1H3,(H,22,25)/t19-/m0/s1. The van der Waals surface area contributed by atoms with Crippen LogP contribution in [-0.4, -0.2) is 26.1 Å². The number of para-hydroxylation sites is 1. The third kappa shape index (κ3) is 3.03. The number of benzene rings is 1. The van der Waals surface area contributed by atoms with E-state index in [-0.39, 0.29) is 6.04 Å². The lowest BCUT2D eigenvalue weighted by molar-refractivity contribution is 0.293. The number of hydrogen-bond donors (Lipinski definition) is 1. The van der Waals surface area contributed by atoms with Crippen LogP contribution >= 0.6 is 12.2 Å². The molecule has 0 unspecified atom stereocenters. The summed E-state index contributed by atoms with van der Waals surface area (Å²) in [6.07, 6.45) is 5.82. The number of hydrogen-bond acceptors (Lipinski definition) is 2. The summed E-state index contributed by atoms with van der Waals surface area (Å²) in [6, 6.07) is 16.7. The van der Waals surface area contributed by atoms with E-state index < -0.39 is 0 Å². The van der Waals surface area contributed by atoms with Crippen LogP contribution < -0.4 is 5.32 Å². The lowest BCUT2D eigenvalue weighted by Gasteiger charge is -2.39. The molecule has 3 heterocycles. The Kier molecular flexibility index (Phi) is 4.24. The van der Waals surface area contributed by atoms with E-state index in [9.17, 15) is 0 Å². The maximum Gasteiger partial charge on any atom is 0.174 e. The molecule has 0 radical (unpaired) electrons.